The Hall–Kier alpha value is -1.79. The molecule has 2 aromatic rings. The van der Waals surface area contributed by atoms with Gasteiger partial charge in [-0.15, -0.1) is 11.8 Å². The van der Waals surface area contributed by atoms with E-state index in [0.717, 1.165) is 23.4 Å². The van der Waals surface area contributed by atoms with Crippen LogP contribution in [0.3, 0.4) is 0 Å². The molecule has 1 aromatic heterocycles. The molecule has 2 N–H and O–H groups in total. The molecule has 0 saturated heterocycles. The fourth-order valence-corrected chi connectivity index (χ4v) is 5.28. The molecule has 2 aliphatic rings. The maximum atomic E-state index is 12.5. The largest absolute Gasteiger partial charge is 0.326 e. The van der Waals surface area contributed by atoms with Crippen LogP contribution in [0, 0.1) is 0 Å². The summed E-state index contributed by atoms with van der Waals surface area (Å²) in [7, 11) is 0. The van der Waals surface area contributed by atoms with Gasteiger partial charge in [-0.1, -0.05) is 24.4 Å². The van der Waals surface area contributed by atoms with Gasteiger partial charge in [0.1, 0.15) is 10.9 Å². The number of nitrogens with zero attached hydrogens (tertiary/aromatic N) is 1. The predicted octanol–water partition coefficient (Wildman–Crippen LogP) is 3.74. The van der Waals surface area contributed by atoms with Crippen LogP contribution in [0.1, 0.15) is 43.0 Å². The predicted molar refractivity (Wildman–Crippen MR) is 99.5 cm³/mol. The van der Waals surface area contributed by atoms with Crippen LogP contribution < -0.4 is 10.9 Å². The van der Waals surface area contributed by atoms with Gasteiger partial charge in [0.15, 0.2) is 0 Å². The first-order valence-electron chi connectivity index (χ1n) is 8.45. The first kappa shape index (κ1) is 16.7. The summed E-state index contributed by atoms with van der Waals surface area (Å²) in [4.78, 5) is 32.1. The zero-order valence-corrected chi connectivity index (χ0v) is 15.1. The summed E-state index contributed by atoms with van der Waals surface area (Å²) in [5.41, 5.74) is 1.41. The lowest BCUT2D eigenvalue weighted by atomic mass is 9.85. The Bertz CT molecular complexity index is 866. The van der Waals surface area contributed by atoms with Gasteiger partial charge in [0.05, 0.1) is 12.0 Å². The third-order valence-corrected chi connectivity index (χ3v) is 6.42. The molecule has 1 amide bonds. The quantitative estimate of drug-likeness (QED) is 0.801. The van der Waals surface area contributed by atoms with Gasteiger partial charge in [-0.05, 0) is 37.1 Å². The van der Waals surface area contributed by atoms with E-state index in [2.05, 4.69) is 15.3 Å². The summed E-state index contributed by atoms with van der Waals surface area (Å²) in [5.74, 6) is 0.522. The van der Waals surface area contributed by atoms with Crippen molar-refractivity contribution in [1.29, 1.82) is 0 Å². The van der Waals surface area contributed by atoms with Crippen molar-refractivity contribution in [1.82, 2.24) is 9.97 Å². The highest BCUT2D eigenvalue weighted by Crippen LogP contribution is 2.49. The number of H-pyrrole nitrogens is 1. The molecule has 1 aliphatic heterocycles. The van der Waals surface area contributed by atoms with E-state index in [0.29, 0.717) is 27.7 Å². The summed E-state index contributed by atoms with van der Waals surface area (Å²) in [5, 5.41) is 4.68. The minimum Gasteiger partial charge on any atom is -0.326 e. The molecule has 0 spiro atoms. The molecule has 0 radical (unpaired) electrons. The topological polar surface area (TPSA) is 74.8 Å². The van der Waals surface area contributed by atoms with E-state index < -0.39 is 0 Å². The molecule has 4 rings (SSSR count). The highest BCUT2D eigenvalue weighted by atomic mass is 35.5. The van der Waals surface area contributed by atoms with Crippen molar-refractivity contribution in [2.75, 3.05) is 5.32 Å². The second-order valence-corrected chi connectivity index (χ2v) is 8.17. The van der Waals surface area contributed by atoms with E-state index in [1.54, 1.807) is 36.0 Å². The lowest BCUT2D eigenvalue weighted by Crippen LogP contribution is -2.24. The number of rotatable bonds is 3. The SMILES string of the molecule is O=C(Cc1nc2c(c(=O)[nH]1)[C@@H]1CCCC[C@H]1S2)Nc1ccc(Cl)cc1. The van der Waals surface area contributed by atoms with Gasteiger partial charge in [0, 0.05) is 21.9 Å². The van der Waals surface area contributed by atoms with Gasteiger partial charge in [-0.2, -0.15) is 0 Å². The standard InChI is InChI=1S/C18H18ClN3O2S/c19-10-5-7-11(8-6-10)20-15(23)9-14-21-17(24)16-12-3-1-2-4-13(12)25-18(16)22-14/h5-8,12-13H,1-4,9H2,(H,20,23)(H,21,22,24)/t12-,13-/m1/s1. The van der Waals surface area contributed by atoms with Crippen molar-refractivity contribution in [2.45, 2.75) is 48.3 Å². The number of hydrogen-bond donors (Lipinski definition) is 2. The number of nitrogens with one attached hydrogen (secondary N) is 2. The van der Waals surface area contributed by atoms with E-state index in [-0.39, 0.29) is 17.9 Å². The lowest BCUT2D eigenvalue weighted by Gasteiger charge is -2.23. The van der Waals surface area contributed by atoms with Gasteiger partial charge >= 0.3 is 0 Å². The van der Waals surface area contributed by atoms with Crippen LogP contribution in [0.15, 0.2) is 34.1 Å². The summed E-state index contributed by atoms with van der Waals surface area (Å²) >= 11 is 7.54. The molecule has 130 valence electrons. The van der Waals surface area contributed by atoms with E-state index in [9.17, 15) is 9.59 Å². The number of hydrogen-bond acceptors (Lipinski definition) is 4. The van der Waals surface area contributed by atoms with Crippen molar-refractivity contribution in [3.63, 3.8) is 0 Å². The second kappa shape index (κ2) is 6.84. The molecular weight excluding hydrogens is 358 g/mol. The Kier molecular flexibility index (Phi) is 4.56. The first-order valence-corrected chi connectivity index (χ1v) is 9.71. The minimum absolute atomic E-state index is 0.0427. The first-order chi connectivity index (χ1) is 12.1. The van der Waals surface area contributed by atoms with E-state index in [4.69, 9.17) is 11.6 Å². The molecule has 1 fully saturated rings. The fraction of sp³-hybridized carbons (Fsp3) is 0.389. The molecular formula is C18H18ClN3O2S. The van der Waals surface area contributed by atoms with Crippen LogP contribution in [-0.2, 0) is 11.2 Å². The Labute approximate surface area is 154 Å². The van der Waals surface area contributed by atoms with Crippen LogP contribution in [0.25, 0.3) is 0 Å². The average Bonchev–Trinajstić information content (AvgIpc) is 2.95. The van der Waals surface area contributed by atoms with Crippen molar-refractivity contribution < 1.29 is 4.79 Å². The number of carbonyl (C=O) groups is 1. The summed E-state index contributed by atoms with van der Waals surface area (Å²) in [6.07, 6.45) is 4.63. The Balaban J connectivity index is 1.50. The normalized spacial score (nSPS) is 21.5. The van der Waals surface area contributed by atoms with Crippen molar-refractivity contribution in [3.8, 4) is 0 Å². The number of fused-ring (bicyclic) bond motifs is 3. The molecule has 1 aliphatic carbocycles. The van der Waals surface area contributed by atoms with Crippen LogP contribution in [0.5, 0.6) is 0 Å². The number of thioether (sulfide) groups is 1. The molecule has 0 unspecified atom stereocenters. The summed E-state index contributed by atoms with van der Waals surface area (Å²) < 4.78 is 0. The zero-order valence-electron chi connectivity index (χ0n) is 13.5. The maximum absolute atomic E-state index is 12.5. The average molecular weight is 376 g/mol. The van der Waals surface area contributed by atoms with E-state index >= 15 is 0 Å². The molecule has 2 atom stereocenters. The van der Waals surface area contributed by atoms with E-state index in [1.807, 2.05) is 0 Å². The number of benzene rings is 1. The molecule has 1 aromatic carbocycles. The molecule has 2 heterocycles. The number of halogens is 1. The van der Waals surface area contributed by atoms with Gasteiger partial charge in [-0.3, -0.25) is 9.59 Å². The van der Waals surface area contributed by atoms with Crippen molar-refractivity contribution in [2.24, 2.45) is 0 Å². The fourth-order valence-electron chi connectivity index (χ4n) is 3.61. The van der Waals surface area contributed by atoms with Crippen LogP contribution >= 0.6 is 23.4 Å². The summed E-state index contributed by atoms with van der Waals surface area (Å²) in [6, 6.07) is 6.90. The zero-order chi connectivity index (χ0) is 17.4. The second-order valence-electron chi connectivity index (χ2n) is 6.51. The molecule has 7 heteroatoms. The highest BCUT2D eigenvalue weighted by Gasteiger charge is 2.38. The van der Waals surface area contributed by atoms with Crippen LogP contribution in [0.4, 0.5) is 5.69 Å². The van der Waals surface area contributed by atoms with Crippen LogP contribution in [0.2, 0.25) is 5.02 Å². The van der Waals surface area contributed by atoms with Crippen molar-refractivity contribution >= 4 is 35.0 Å². The third-order valence-electron chi connectivity index (χ3n) is 4.76. The Morgan fingerprint density at radius 3 is 2.84 bits per heavy atom. The highest BCUT2D eigenvalue weighted by molar-refractivity contribution is 8.00. The summed E-state index contributed by atoms with van der Waals surface area (Å²) in [6.45, 7) is 0. The molecule has 0 bridgehead atoms. The monoisotopic (exact) mass is 375 g/mol. The number of anilines is 1. The van der Waals surface area contributed by atoms with Gasteiger partial charge in [0.2, 0.25) is 5.91 Å². The van der Waals surface area contributed by atoms with Crippen molar-refractivity contribution in [3.05, 3.63) is 51.0 Å². The maximum Gasteiger partial charge on any atom is 0.255 e. The minimum atomic E-state index is -0.217. The Morgan fingerprint density at radius 2 is 2.04 bits per heavy atom. The lowest BCUT2D eigenvalue weighted by molar-refractivity contribution is -0.115. The van der Waals surface area contributed by atoms with Gasteiger partial charge < -0.3 is 10.3 Å². The van der Waals surface area contributed by atoms with Gasteiger partial charge in [-0.25, -0.2) is 4.98 Å². The Morgan fingerprint density at radius 1 is 1.28 bits per heavy atom. The number of aromatic amines is 1. The van der Waals surface area contributed by atoms with Crippen LogP contribution in [-0.4, -0.2) is 21.1 Å². The number of carbonyl (C=O) groups excluding carboxylic acids is 1. The molecule has 1 saturated carbocycles. The molecule has 25 heavy (non-hydrogen) atoms. The number of amides is 1. The molecule has 5 nitrogen and oxygen atoms in total. The van der Waals surface area contributed by atoms with E-state index in [1.165, 1.54) is 12.8 Å². The smallest absolute Gasteiger partial charge is 0.255 e. The van der Waals surface area contributed by atoms with Gasteiger partial charge in [0.25, 0.3) is 5.56 Å². The number of aromatic nitrogens is 2. The third kappa shape index (κ3) is 3.46.